The first-order valence-corrected chi connectivity index (χ1v) is 9.81. The fourth-order valence-electron chi connectivity index (χ4n) is 3.32. The zero-order valence-corrected chi connectivity index (χ0v) is 17.1. The Morgan fingerprint density at radius 1 is 0.824 bits per heavy atom. The molecular formula is C24H15F6NO3. The number of benzene rings is 3. The minimum Gasteiger partial charge on any atom is -0.457 e. The molecule has 4 rings (SSSR count). The number of alkyl halides is 6. The molecule has 0 aliphatic heterocycles. The van der Waals surface area contributed by atoms with Crippen LogP contribution in [0.4, 0.5) is 36.8 Å². The first kappa shape index (κ1) is 23.2. The lowest BCUT2D eigenvalue weighted by atomic mass is 10.0. The van der Waals surface area contributed by atoms with E-state index in [0.29, 0.717) is 17.8 Å². The van der Waals surface area contributed by atoms with Gasteiger partial charge < -0.3 is 9.15 Å². The van der Waals surface area contributed by atoms with Gasteiger partial charge in [-0.2, -0.15) is 26.3 Å². The molecule has 0 unspecified atom stereocenters. The molecule has 176 valence electrons. The topological polar surface area (TPSA) is 51.5 Å². The summed E-state index contributed by atoms with van der Waals surface area (Å²) < 4.78 is 88.9. The van der Waals surface area contributed by atoms with E-state index in [-0.39, 0.29) is 24.2 Å². The Hall–Kier alpha value is -3.95. The number of furan rings is 1. The van der Waals surface area contributed by atoms with Gasteiger partial charge in [-0.1, -0.05) is 36.4 Å². The second-order valence-corrected chi connectivity index (χ2v) is 7.29. The molecular weight excluding hydrogens is 464 g/mol. The van der Waals surface area contributed by atoms with E-state index < -0.39 is 35.1 Å². The van der Waals surface area contributed by atoms with Crippen molar-refractivity contribution in [1.29, 1.82) is 0 Å². The maximum atomic E-state index is 13.1. The van der Waals surface area contributed by atoms with Crippen molar-refractivity contribution in [2.45, 2.75) is 19.0 Å². The third-order valence-electron chi connectivity index (χ3n) is 4.91. The van der Waals surface area contributed by atoms with Crippen molar-refractivity contribution < 1.29 is 40.3 Å². The smallest absolute Gasteiger partial charge is 0.416 e. The van der Waals surface area contributed by atoms with Crippen LogP contribution in [0.15, 0.2) is 77.2 Å². The maximum absolute atomic E-state index is 13.1. The number of amides is 1. The van der Waals surface area contributed by atoms with Crippen LogP contribution in [-0.2, 0) is 23.7 Å². The van der Waals surface area contributed by atoms with Gasteiger partial charge in [0.25, 0.3) is 0 Å². The van der Waals surface area contributed by atoms with Crippen LogP contribution in [0.3, 0.4) is 0 Å². The third kappa shape index (κ3) is 5.16. The Bertz CT molecular complexity index is 1300. The molecule has 10 heteroatoms. The molecule has 0 radical (unpaired) electrons. The van der Waals surface area contributed by atoms with Gasteiger partial charge in [0.2, 0.25) is 0 Å². The Morgan fingerprint density at radius 3 is 2.15 bits per heavy atom. The van der Waals surface area contributed by atoms with Crippen LogP contribution in [0.1, 0.15) is 16.9 Å². The van der Waals surface area contributed by atoms with Gasteiger partial charge in [-0.25, -0.2) is 4.79 Å². The molecule has 0 saturated heterocycles. The van der Waals surface area contributed by atoms with Gasteiger partial charge in [0.05, 0.1) is 16.8 Å². The van der Waals surface area contributed by atoms with Gasteiger partial charge in [-0.15, -0.1) is 0 Å². The van der Waals surface area contributed by atoms with Crippen LogP contribution in [-0.4, -0.2) is 6.09 Å². The Kier molecular flexibility index (Phi) is 5.99. The van der Waals surface area contributed by atoms with E-state index in [0.717, 1.165) is 10.8 Å². The Morgan fingerprint density at radius 2 is 1.47 bits per heavy atom. The molecule has 34 heavy (non-hydrogen) atoms. The predicted octanol–water partition coefficient (Wildman–Crippen LogP) is 7.89. The first-order valence-electron chi connectivity index (χ1n) is 9.81. The average molecular weight is 479 g/mol. The summed E-state index contributed by atoms with van der Waals surface area (Å²) in [7, 11) is 0. The third-order valence-corrected chi connectivity index (χ3v) is 4.91. The molecule has 1 N–H and O–H groups in total. The highest BCUT2D eigenvalue weighted by Gasteiger charge is 2.37. The summed E-state index contributed by atoms with van der Waals surface area (Å²) in [5, 5.41) is 4.27. The van der Waals surface area contributed by atoms with Crippen molar-refractivity contribution in [3.8, 4) is 11.3 Å². The molecule has 0 bridgehead atoms. The lowest BCUT2D eigenvalue weighted by Gasteiger charge is -2.13. The second-order valence-electron chi connectivity index (χ2n) is 7.29. The predicted molar refractivity (Wildman–Crippen MR) is 112 cm³/mol. The number of nitrogens with one attached hydrogen (secondary N) is 1. The molecule has 0 fully saturated rings. The number of hydrogen-bond donors (Lipinski definition) is 1. The fourth-order valence-corrected chi connectivity index (χ4v) is 3.32. The molecule has 0 atom stereocenters. The van der Waals surface area contributed by atoms with Crippen LogP contribution in [0, 0.1) is 0 Å². The van der Waals surface area contributed by atoms with Crippen LogP contribution in [0.2, 0.25) is 0 Å². The number of anilines is 1. The van der Waals surface area contributed by atoms with E-state index >= 15 is 0 Å². The van der Waals surface area contributed by atoms with Crippen LogP contribution in [0.5, 0.6) is 0 Å². The largest absolute Gasteiger partial charge is 0.457 e. The van der Waals surface area contributed by atoms with Crippen molar-refractivity contribution in [2.24, 2.45) is 0 Å². The second kappa shape index (κ2) is 8.77. The number of halogens is 6. The monoisotopic (exact) mass is 479 g/mol. The molecule has 1 heterocycles. The van der Waals surface area contributed by atoms with E-state index in [9.17, 15) is 31.1 Å². The highest BCUT2D eigenvalue weighted by molar-refractivity contribution is 6.00. The average Bonchev–Trinajstić information content (AvgIpc) is 3.26. The van der Waals surface area contributed by atoms with Crippen molar-refractivity contribution in [2.75, 3.05) is 5.32 Å². The molecule has 0 spiro atoms. The SMILES string of the molecule is O=C(Nc1cccc2ccccc12)OCc1ccc(-c2cc(C(F)(F)F)cc(C(F)(F)F)c2)o1. The van der Waals surface area contributed by atoms with Gasteiger partial charge in [0.1, 0.15) is 11.5 Å². The number of ether oxygens (including phenoxy) is 1. The minimum absolute atomic E-state index is 0.0358. The number of fused-ring (bicyclic) bond motifs is 1. The molecule has 0 aliphatic carbocycles. The summed E-state index contributed by atoms with van der Waals surface area (Å²) in [6.45, 7) is -0.387. The number of rotatable bonds is 4. The lowest BCUT2D eigenvalue weighted by molar-refractivity contribution is -0.143. The van der Waals surface area contributed by atoms with Gasteiger partial charge in [0.15, 0.2) is 6.61 Å². The highest BCUT2D eigenvalue weighted by atomic mass is 19.4. The molecule has 3 aromatic carbocycles. The maximum Gasteiger partial charge on any atom is 0.416 e. The quantitative estimate of drug-likeness (QED) is 0.303. The van der Waals surface area contributed by atoms with Crippen LogP contribution in [0.25, 0.3) is 22.1 Å². The van der Waals surface area contributed by atoms with E-state index in [1.165, 1.54) is 12.1 Å². The van der Waals surface area contributed by atoms with Crippen molar-refractivity contribution in [3.63, 3.8) is 0 Å². The van der Waals surface area contributed by atoms with Gasteiger partial charge in [0, 0.05) is 10.9 Å². The van der Waals surface area contributed by atoms with Crippen molar-refractivity contribution in [3.05, 3.63) is 89.7 Å². The molecule has 4 aromatic rings. The molecule has 1 aromatic heterocycles. The Labute approximate surface area is 188 Å². The number of carbonyl (C=O) groups is 1. The van der Waals surface area contributed by atoms with E-state index in [2.05, 4.69) is 5.32 Å². The highest BCUT2D eigenvalue weighted by Crippen LogP contribution is 2.39. The van der Waals surface area contributed by atoms with Crippen molar-refractivity contribution in [1.82, 2.24) is 0 Å². The van der Waals surface area contributed by atoms with E-state index in [4.69, 9.17) is 9.15 Å². The van der Waals surface area contributed by atoms with E-state index in [1.807, 2.05) is 24.3 Å². The summed E-state index contributed by atoms with van der Waals surface area (Å²) in [6, 6.07) is 16.3. The fraction of sp³-hybridized carbons (Fsp3) is 0.125. The molecule has 0 aliphatic rings. The van der Waals surface area contributed by atoms with Crippen molar-refractivity contribution >= 4 is 22.6 Å². The zero-order chi connectivity index (χ0) is 24.5. The first-order chi connectivity index (χ1) is 16.0. The number of hydrogen-bond acceptors (Lipinski definition) is 3. The molecule has 4 nitrogen and oxygen atoms in total. The standard InChI is InChI=1S/C24H15F6NO3/c25-23(26,27)16-10-15(11-17(12-16)24(28,29)30)21-9-8-18(34-21)13-33-22(32)31-20-7-3-5-14-4-1-2-6-19(14)20/h1-12H,13H2,(H,31,32). The Balaban J connectivity index is 1.49. The summed E-state index contributed by atoms with van der Waals surface area (Å²) in [5.74, 6) is -0.196. The lowest BCUT2D eigenvalue weighted by Crippen LogP contribution is -2.13. The molecule has 0 saturated carbocycles. The summed E-state index contributed by atoms with van der Waals surface area (Å²) in [5.41, 5.74) is -2.82. The molecule has 1 amide bonds. The van der Waals surface area contributed by atoms with Crippen LogP contribution < -0.4 is 5.32 Å². The van der Waals surface area contributed by atoms with E-state index in [1.54, 1.807) is 18.2 Å². The normalized spacial score (nSPS) is 12.1. The summed E-state index contributed by atoms with van der Waals surface area (Å²) in [6.07, 6.45) is -10.8. The zero-order valence-electron chi connectivity index (χ0n) is 17.1. The van der Waals surface area contributed by atoms with Crippen LogP contribution >= 0.6 is 0 Å². The van der Waals surface area contributed by atoms with Gasteiger partial charge in [-0.05, 0) is 41.8 Å². The van der Waals surface area contributed by atoms with Gasteiger partial charge >= 0.3 is 18.4 Å². The summed E-state index contributed by atoms with van der Waals surface area (Å²) >= 11 is 0. The van der Waals surface area contributed by atoms with Gasteiger partial charge in [-0.3, -0.25) is 5.32 Å². The number of carbonyl (C=O) groups excluding carboxylic acids is 1. The summed E-state index contributed by atoms with van der Waals surface area (Å²) in [4.78, 5) is 12.2. The minimum atomic E-state index is -4.98.